The van der Waals surface area contributed by atoms with E-state index < -0.39 is 27.2 Å². The van der Waals surface area contributed by atoms with Crippen molar-refractivity contribution in [2.24, 2.45) is 10.2 Å². The van der Waals surface area contributed by atoms with Crippen molar-refractivity contribution in [1.82, 2.24) is 5.32 Å². The van der Waals surface area contributed by atoms with Gasteiger partial charge in [0.15, 0.2) is 5.17 Å². The Morgan fingerprint density at radius 1 is 1.24 bits per heavy atom. The normalized spacial score (nSPS) is 17.2. The van der Waals surface area contributed by atoms with Crippen LogP contribution in [0.4, 0.5) is 5.69 Å². The Balaban J connectivity index is 1.66. The van der Waals surface area contributed by atoms with E-state index in [0.29, 0.717) is 11.3 Å². The first-order chi connectivity index (χ1) is 15.6. The highest BCUT2D eigenvalue weighted by atomic mass is 32.2. The fraction of sp³-hybridized carbons (Fsp3) is 0.150. The molecule has 1 heterocycles. The highest BCUT2D eigenvalue weighted by Gasteiger charge is 2.32. The lowest BCUT2D eigenvalue weighted by molar-refractivity contribution is -0.138. The van der Waals surface area contributed by atoms with Crippen LogP contribution in [0.2, 0.25) is 0 Å². The molecule has 172 valence electrons. The second kappa shape index (κ2) is 10.3. The number of amides is 2. The number of rotatable bonds is 8. The number of carboxylic acid groups (broad SMARTS) is 1. The number of thioether (sulfide) groups is 1. The lowest BCUT2D eigenvalue weighted by Crippen LogP contribution is -2.26. The number of carboxylic acids is 1. The van der Waals surface area contributed by atoms with Gasteiger partial charge in [0.1, 0.15) is 15.9 Å². The summed E-state index contributed by atoms with van der Waals surface area (Å²) in [6, 6.07) is 11.6. The average Bonchev–Trinajstić information content (AvgIpc) is 3.06. The molecular weight excluding hydrogens is 472 g/mol. The number of carbonyl (C=O) groups excluding carboxylic acids is 2. The van der Waals surface area contributed by atoms with Gasteiger partial charge in [-0.05, 0) is 42.0 Å². The second-order valence-electron chi connectivity index (χ2n) is 6.66. The smallest absolute Gasteiger partial charge is 0.339 e. The van der Waals surface area contributed by atoms with Gasteiger partial charge in [0, 0.05) is 12.6 Å². The van der Waals surface area contributed by atoms with Crippen molar-refractivity contribution in [2.75, 3.05) is 5.32 Å². The number of hydrogen-bond acceptors (Lipinski definition) is 9. The minimum Gasteiger partial charge on any atom is -0.481 e. The molecule has 1 atom stereocenters. The topological polar surface area (TPSA) is 164 Å². The summed E-state index contributed by atoms with van der Waals surface area (Å²) in [5.74, 6) is -1.79. The molecule has 0 aliphatic carbocycles. The summed E-state index contributed by atoms with van der Waals surface area (Å²) in [7, 11) is -4.11. The summed E-state index contributed by atoms with van der Waals surface area (Å²) in [5, 5.41) is 20.9. The maximum Gasteiger partial charge on any atom is 0.339 e. The van der Waals surface area contributed by atoms with Crippen molar-refractivity contribution in [3.05, 3.63) is 54.1 Å². The van der Waals surface area contributed by atoms with Gasteiger partial charge in [-0.1, -0.05) is 23.9 Å². The van der Waals surface area contributed by atoms with Gasteiger partial charge in [0.25, 0.3) is 0 Å². The second-order valence-corrected chi connectivity index (χ2v) is 9.40. The number of amidine groups is 1. The number of aliphatic carboxylic acids is 1. The molecule has 3 N–H and O–H groups in total. The Kier molecular flexibility index (Phi) is 7.45. The first-order valence-corrected chi connectivity index (χ1v) is 11.6. The zero-order valence-electron chi connectivity index (χ0n) is 17.1. The number of nitrogens with one attached hydrogen (secondary N) is 2. The molecule has 0 spiro atoms. The van der Waals surface area contributed by atoms with Crippen LogP contribution in [0, 0.1) is 0 Å². The molecule has 2 aromatic rings. The summed E-state index contributed by atoms with van der Waals surface area (Å²) >= 11 is 0.963. The molecule has 1 aliphatic rings. The zero-order chi connectivity index (χ0) is 24.0. The molecular formula is C20H18N4O7S2. The SMILES string of the molecule is CC(=O)Nc1ccc(S(=O)(=O)Oc2cccc(/C=N/N=C3NC(=O)C(CC(=O)O)S3)c2)cc1. The lowest BCUT2D eigenvalue weighted by Gasteiger charge is -2.08. The Bertz CT molecular complexity index is 1240. The molecule has 0 bridgehead atoms. The third kappa shape index (κ3) is 6.89. The monoisotopic (exact) mass is 490 g/mol. The molecule has 1 fully saturated rings. The molecule has 1 aliphatic heterocycles. The van der Waals surface area contributed by atoms with Gasteiger partial charge in [0.2, 0.25) is 11.8 Å². The Labute approximate surface area is 193 Å². The van der Waals surface area contributed by atoms with E-state index in [0.717, 1.165) is 11.8 Å². The maximum absolute atomic E-state index is 12.5. The zero-order valence-corrected chi connectivity index (χ0v) is 18.7. The molecule has 13 heteroatoms. The fourth-order valence-electron chi connectivity index (χ4n) is 2.62. The molecule has 2 amide bonds. The summed E-state index contributed by atoms with van der Waals surface area (Å²) in [6.45, 7) is 1.34. The minimum atomic E-state index is -4.11. The van der Waals surface area contributed by atoms with Crippen LogP contribution >= 0.6 is 11.8 Å². The molecule has 3 rings (SSSR count). The van der Waals surface area contributed by atoms with Gasteiger partial charge in [0.05, 0.1) is 12.6 Å². The third-order valence-corrected chi connectivity index (χ3v) is 6.35. The number of anilines is 1. The first kappa shape index (κ1) is 23.9. The van der Waals surface area contributed by atoms with E-state index in [2.05, 4.69) is 20.8 Å². The van der Waals surface area contributed by atoms with E-state index >= 15 is 0 Å². The molecule has 2 aromatic carbocycles. The quantitative estimate of drug-likeness (QED) is 0.286. The van der Waals surface area contributed by atoms with Gasteiger partial charge in [-0.3, -0.25) is 14.4 Å². The summed E-state index contributed by atoms with van der Waals surface area (Å²) in [6.07, 6.45) is 0.995. The fourth-order valence-corrected chi connectivity index (χ4v) is 4.46. The molecule has 0 saturated carbocycles. The third-order valence-electron chi connectivity index (χ3n) is 4.02. The average molecular weight is 491 g/mol. The van der Waals surface area contributed by atoms with E-state index in [1.54, 1.807) is 12.1 Å². The molecule has 1 unspecified atom stereocenters. The van der Waals surface area contributed by atoms with E-state index in [9.17, 15) is 22.8 Å². The van der Waals surface area contributed by atoms with Crippen LogP contribution in [-0.2, 0) is 24.5 Å². The standard InChI is InChI=1S/C20H18N4O7S2/c1-12(25)22-14-5-7-16(8-6-14)33(29,30)31-15-4-2-3-13(9-15)11-21-24-20-23-19(28)17(32-20)10-18(26)27/h2-9,11,17H,10H2,1H3,(H,22,25)(H,26,27)(H,23,24,28)/b21-11+. The van der Waals surface area contributed by atoms with E-state index in [-0.39, 0.29) is 28.1 Å². The van der Waals surface area contributed by atoms with Crippen molar-refractivity contribution >= 4 is 56.7 Å². The predicted octanol–water partition coefficient (Wildman–Crippen LogP) is 1.81. The molecule has 33 heavy (non-hydrogen) atoms. The van der Waals surface area contributed by atoms with E-state index in [1.807, 2.05) is 0 Å². The van der Waals surface area contributed by atoms with Crippen molar-refractivity contribution in [2.45, 2.75) is 23.5 Å². The van der Waals surface area contributed by atoms with Crippen LogP contribution in [0.5, 0.6) is 5.75 Å². The van der Waals surface area contributed by atoms with Crippen LogP contribution in [-0.4, -0.2) is 47.9 Å². The summed E-state index contributed by atoms with van der Waals surface area (Å²) < 4.78 is 30.2. The van der Waals surface area contributed by atoms with E-state index in [4.69, 9.17) is 9.29 Å². The largest absolute Gasteiger partial charge is 0.481 e. The van der Waals surface area contributed by atoms with Crippen LogP contribution < -0.4 is 14.8 Å². The highest BCUT2D eigenvalue weighted by molar-refractivity contribution is 8.15. The van der Waals surface area contributed by atoms with Crippen molar-refractivity contribution < 1.29 is 32.1 Å². The van der Waals surface area contributed by atoms with E-state index in [1.165, 1.54) is 49.5 Å². The van der Waals surface area contributed by atoms with Gasteiger partial charge in [-0.25, -0.2) is 0 Å². The van der Waals surface area contributed by atoms with Crippen LogP contribution in [0.25, 0.3) is 0 Å². The van der Waals surface area contributed by atoms with Crippen LogP contribution in [0.1, 0.15) is 18.9 Å². The summed E-state index contributed by atoms with van der Waals surface area (Å²) in [5.41, 5.74) is 0.927. The number of nitrogens with zero attached hydrogens (tertiary/aromatic N) is 2. The number of hydrogen-bond donors (Lipinski definition) is 3. The Morgan fingerprint density at radius 3 is 2.64 bits per heavy atom. The maximum atomic E-state index is 12.5. The molecule has 11 nitrogen and oxygen atoms in total. The lowest BCUT2D eigenvalue weighted by atomic mass is 10.2. The van der Waals surface area contributed by atoms with Crippen molar-refractivity contribution in [3.63, 3.8) is 0 Å². The Morgan fingerprint density at radius 2 is 1.97 bits per heavy atom. The Hall–Kier alpha value is -3.71. The number of benzene rings is 2. The van der Waals surface area contributed by atoms with Gasteiger partial charge >= 0.3 is 16.1 Å². The predicted molar refractivity (Wildman–Crippen MR) is 122 cm³/mol. The summed E-state index contributed by atoms with van der Waals surface area (Å²) in [4.78, 5) is 33.4. The molecule has 1 saturated heterocycles. The van der Waals surface area contributed by atoms with Crippen LogP contribution in [0.15, 0.2) is 63.6 Å². The van der Waals surface area contributed by atoms with Crippen LogP contribution in [0.3, 0.4) is 0 Å². The van der Waals surface area contributed by atoms with Crippen molar-refractivity contribution in [3.8, 4) is 5.75 Å². The molecule has 0 aromatic heterocycles. The highest BCUT2D eigenvalue weighted by Crippen LogP contribution is 2.23. The molecule has 0 radical (unpaired) electrons. The van der Waals surface area contributed by atoms with Crippen molar-refractivity contribution in [1.29, 1.82) is 0 Å². The van der Waals surface area contributed by atoms with Gasteiger partial charge in [-0.15, -0.1) is 5.10 Å². The van der Waals surface area contributed by atoms with Gasteiger partial charge in [-0.2, -0.15) is 13.5 Å². The van der Waals surface area contributed by atoms with Gasteiger partial charge < -0.3 is 19.9 Å². The first-order valence-electron chi connectivity index (χ1n) is 9.35. The number of carbonyl (C=O) groups is 3. The minimum absolute atomic E-state index is 0.0441.